The zero-order valence-corrected chi connectivity index (χ0v) is 15.5. The summed E-state index contributed by atoms with van der Waals surface area (Å²) in [5.41, 5.74) is 3.54. The van der Waals surface area contributed by atoms with E-state index in [1.54, 1.807) is 25.1 Å². The van der Waals surface area contributed by atoms with Gasteiger partial charge in [0.2, 0.25) is 0 Å². The second kappa shape index (κ2) is 7.14. The average molecular weight is 389 g/mol. The molecule has 136 valence electrons. The third-order valence-electron chi connectivity index (χ3n) is 4.28. The van der Waals surface area contributed by atoms with E-state index in [0.717, 1.165) is 5.56 Å². The van der Waals surface area contributed by atoms with Crippen molar-refractivity contribution in [3.05, 3.63) is 76.4 Å². The first-order valence-electron chi connectivity index (χ1n) is 8.40. The molecule has 0 aliphatic carbocycles. The molecule has 0 saturated carbocycles. The number of nitrogens with zero attached hydrogens (tertiary/aromatic N) is 3. The van der Waals surface area contributed by atoms with E-state index in [0.29, 0.717) is 39.3 Å². The number of aromatic nitrogens is 2. The molecule has 0 fully saturated rings. The van der Waals surface area contributed by atoms with Crippen LogP contribution in [0, 0.1) is 18.3 Å². The van der Waals surface area contributed by atoms with Gasteiger partial charge >= 0.3 is 0 Å². The first-order valence-corrected chi connectivity index (χ1v) is 8.78. The van der Waals surface area contributed by atoms with Gasteiger partial charge in [-0.2, -0.15) is 5.26 Å². The summed E-state index contributed by atoms with van der Waals surface area (Å²) in [4.78, 5) is 17.5. The lowest BCUT2D eigenvalue weighted by Gasteiger charge is -2.09. The van der Waals surface area contributed by atoms with Gasteiger partial charge in [-0.3, -0.25) is 4.79 Å². The summed E-state index contributed by atoms with van der Waals surface area (Å²) < 4.78 is 5.30. The maximum Gasteiger partial charge on any atom is 0.259 e. The van der Waals surface area contributed by atoms with Crippen LogP contribution in [0.1, 0.15) is 21.6 Å². The molecule has 4 rings (SSSR count). The lowest BCUT2D eigenvalue weighted by molar-refractivity contribution is 0.102. The normalized spacial score (nSPS) is 10.6. The molecule has 0 unspecified atom stereocenters. The molecular formula is C21H13ClN4O2. The predicted octanol–water partition coefficient (Wildman–Crippen LogP) is 4.98. The largest absolute Gasteiger partial charge is 0.335 e. The van der Waals surface area contributed by atoms with Crippen molar-refractivity contribution < 1.29 is 9.32 Å². The van der Waals surface area contributed by atoms with Gasteiger partial charge < -0.3 is 9.84 Å². The fraction of sp³-hybridized carbons (Fsp3) is 0.0476. The number of carbonyl (C=O) groups excluding carboxylic acids is 1. The highest BCUT2D eigenvalue weighted by atomic mass is 35.5. The molecule has 0 atom stereocenters. The van der Waals surface area contributed by atoms with Crippen LogP contribution in [-0.2, 0) is 0 Å². The number of halogens is 1. The van der Waals surface area contributed by atoms with E-state index in [4.69, 9.17) is 21.4 Å². The highest BCUT2D eigenvalue weighted by Gasteiger charge is 2.19. The second-order valence-corrected chi connectivity index (χ2v) is 6.54. The molecule has 2 aromatic carbocycles. The Morgan fingerprint density at radius 2 is 1.96 bits per heavy atom. The first kappa shape index (κ1) is 17.7. The lowest BCUT2D eigenvalue weighted by Crippen LogP contribution is -2.13. The minimum Gasteiger partial charge on any atom is -0.335 e. The van der Waals surface area contributed by atoms with Gasteiger partial charge in [-0.1, -0.05) is 47.1 Å². The number of rotatable bonds is 3. The molecule has 0 radical (unpaired) electrons. The Labute approximate surface area is 165 Å². The number of hydrogen-bond acceptors (Lipinski definition) is 5. The van der Waals surface area contributed by atoms with Crippen molar-refractivity contribution in [2.75, 3.05) is 5.32 Å². The Morgan fingerprint density at radius 3 is 2.68 bits per heavy atom. The van der Waals surface area contributed by atoms with Crippen LogP contribution < -0.4 is 5.32 Å². The van der Waals surface area contributed by atoms with Crippen molar-refractivity contribution in [3.63, 3.8) is 0 Å². The van der Waals surface area contributed by atoms with E-state index in [1.807, 2.05) is 36.4 Å². The number of fused-ring (bicyclic) bond motifs is 1. The number of carbonyl (C=O) groups is 1. The molecule has 7 heteroatoms. The monoisotopic (exact) mass is 388 g/mol. The van der Waals surface area contributed by atoms with E-state index in [9.17, 15) is 4.79 Å². The molecular weight excluding hydrogens is 376 g/mol. The number of anilines is 1. The van der Waals surface area contributed by atoms with Gasteiger partial charge in [0.05, 0.1) is 32.9 Å². The van der Waals surface area contributed by atoms with Crippen LogP contribution in [0.15, 0.2) is 59.1 Å². The molecule has 0 saturated heterocycles. The van der Waals surface area contributed by atoms with Crippen LogP contribution in [0.3, 0.4) is 0 Å². The lowest BCUT2D eigenvalue weighted by atomic mass is 10.0. The van der Waals surface area contributed by atoms with Crippen LogP contribution in [0.5, 0.6) is 0 Å². The van der Waals surface area contributed by atoms with E-state index in [1.165, 1.54) is 6.07 Å². The first-order chi connectivity index (χ1) is 13.6. The minimum atomic E-state index is -0.350. The van der Waals surface area contributed by atoms with E-state index < -0.39 is 0 Å². The Balaban J connectivity index is 1.78. The molecule has 1 amide bonds. The Bertz CT molecular complexity index is 1240. The summed E-state index contributed by atoms with van der Waals surface area (Å²) in [6.45, 7) is 1.76. The molecule has 6 nitrogen and oxygen atoms in total. The molecule has 2 aromatic heterocycles. The quantitative estimate of drug-likeness (QED) is 0.534. The number of hydrogen-bond donors (Lipinski definition) is 1. The smallest absolute Gasteiger partial charge is 0.259 e. The van der Waals surface area contributed by atoms with Crippen LogP contribution in [0.25, 0.3) is 22.4 Å². The number of nitriles is 1. The molecule has 1 N–H and O–H groups in total. The Morgan fingerprint density at radius 1 is 1.18 bits per heavy atom. The fourth-order valence-electron chi connectivity index (χ4n) is 2.91. The zero-order chi connectivity index (χ0) is 19.7. The van der Waals surface area contributed by atoms with Gasteiger partial charge in [-0.15, -0.1) is 0 Å². The van der Waals surface area contributed by atoms with Crippen LogP contribution >= 0.6 is 11.6 Å². The SMILES string of the molecule is Cc1noc2nc(-c3ccccc3)cc(C(=O)Nc3ccc(C#N)c(Cl)c3)c12. The van der Waals surface area contributed by atoms with Gasteiger partial charge in [-0.25, -0.2) is 4.98 Å². The maximum absolute atomic E-state index is 13.0. The van der Waals surface area contributed by atoms with Crippen LogP contribution in [0.2, 0.25) is 5.02 Å². The standard InChI is InChI=1S/C21H13ClN4O2/c1-12-19-16(20(27)24-15-8-7-14(11-23)17(22)9-15)10-18(25-21(19)28-26-12)13-5-3-2-4-6-13/h2-10H,1H3,(H,24,27). The zero-order valence-electron chi connectivity index (χ0n) is 14.7. The van der Waals surface area contributed by atoms with Gasteiger partial charge in [0, 0.05) is 11.3 Å². The minimum absolute atomic E-state index is 0.270. The molecule has 4 aromatic rings. The molecule has 28 heavy (non-hydrogen) atoms. The average Bonchev–Trinajstić information content (AvgIpc) is 3.09. The van der Waals surface area contributed by atoms with Gasteiger partial charge in [0.1, 0.15) is 6.07 Å². The van der Waals surface area contributed by atoms with Crippen molar-refractivity contribution in [1.29, 1.82) is 5.26 Å². The van der Waals surface area contributed by atoms with E-state index in [-0.39, 0.29) is 10.9 Å². The number of benzene rings is 2. The number of aryl methyl sites for hydroxylation is 1. The van der Waals surface area contributed by atoms with E-state index >= 15 is 0 Å². The van der Waals surface area contributed by atoms with Gasteiger partial charge in [0.25, 0.3) is 11.6 Å². The van der Waals surface area contributed by atoms with Crippen molar-refractivity contribution in [1.82, 2.24) is 10.1 Å². The van der Waals surface area contributed by atoms with Gasteiger partial charge in [0.15, 0.2) is 0 Å². The highest BCUT2D eigenvalue weighted by Crippen LogP contribution is 2.28. The predicted molar refractivity (Wildman–Crippen MR) is 106 cm³/mol. The van der Waals surface area contributed by atoms with Crippen molar-refractivity contribution in [3.8, 4) is 17.3 Å². The van der Waals surface area contributed by atoms with Crippen molar-refractivity contribution in [2.45, 2.75) is 6.92 Å². The number of nitrogens with one attached hydrogen (secondary N) is 1. The summed E-state index contributed by atoms with van der Waals surface area (Å²) in [7, 11) is 0. The second-order valence-electron chi connectivity index (χ2n) is 6.13. The third-order valence-corrected chi connectivity index (χ3v) is 4.59. The van der Waals surface area contributed by atoms with Crippen molar-refractivity contribution >= 4 is 34.3 Å². The Hall–Kier alpha value is -3.69. The highest BCUT2D eigenvalue weighted by molar-refractivity contribution is 6.32. The molecule has 2 heterocycles. The fourth-order valence-corrected chi connectivity index (χ4v) is 3.14. The molecule has 0 bridgehead atoms. The van der Waals surface area contributed by atoms with Crippen molar-refractivity contribution in [2.24, 2.45) is 0 Å². The summed E-state index contributed by atoms with van der Waals surface area (Å²) >= 11 is 6.06. The maximum atomic E-state index is 13.0. The summed E-state index contributed by atoms with van der Waals surface area (Å²) in [5, 5.41) is 16.6. The third kappa shape index (κ3) is 3.20. The summed E-state index contributed by atoms with van der Waals surface area (Å²) in [5.74, 6) is -0.350. The topological polar surface area (TPSA) is 91.8 Å². The van der Waals surface area contributed by atoms with Gasteiger partial charge in [-0.05, 0) is 31.2 Å². The van der Waals surface area contributed by atoms with Crippen LogP contribution in [-0.4, -0.2) is 16.0 Å². The number of pyridine rings is 1. The summed E-state index contributed by atoms with van der Waals surface area (Å²) in [6.07, 6.45) is 0. The van der Waals surface area contributed by atoms with E-state index in [2.05, 4.69) is 15.5 Å². The molecule has 0 aliphatic rings. The molecule has 0 aliphatic heterocycles. The summed E-state index contributed by atoms with van der Waals surface area (Å²) in [6, 6.07) is 17.9. The number of amides is 1. The Kier molecular flexibility index (Phi) is 4.52. The molecule has 0 spiro atoms. The van der Waals surface area contributed by atoms with Crippen LogP contribution in [0.4, 0.5) is 5.69 Å².